The Kier molecular flexibility index (Phi) is 4.82. The topological polar surface area (TPSA) is 47.0 Å². The van der Waals surface area contributed by atoms with Gasteiger partial charge in [0.2, 0.25) is 0 Å². The fourth-order valence-electron chi connectivity index (χ4n) is 2.23. The van der Waals surface area contributed by atoms with Crippen molar-refractivity contribution in [3.05, 3.63) is 35.7 Å². The summed E-state index contributed by atoms with van der Waals surface area (Å²) in [6, 6.07) is 8.26. The zero-order valence-electron chi connectivity index (χ0n) is 11.8. The number of aromatic nitrogens is 2. The SMILES string of the molecule is CCNC(COC)Cc1nc2ccccc2nc1C. The van der Waals surface area contributed by atoms with Gasteiger partial charge >= 0.3 is 0 Å². The second-order valence-corrected chi connectivity index (χ2v) is 4.66. The number of likely N-dealkylation sites (N-methyl/N-ethyl adjacent to an activating group) is 1. The number of ether oxygens (including phenoxy) is 1. The van der Waals surface area contributed by atoms with E-state index in [9.17, 15) is 0 Å². The van der Waals surface area contributed by atoms with Crippen LogP contribution in [0.2, 0.25) is 0 Å². The molecule has 0 bridgehead atoms. The summed E-state index contributed by atoms with van der Waals surface area (Å²) >= 11 is 0. The minimum absolute atomic E-state index is 0.282. The Balaban J connectivity index is 2.25. The molecule has 1 aromatic carbocycles. The first-order valence-electron chi connectivity index (χ1n) is 6.69. The Morgan fingerprint density at radius 2 is 1.89 bits per heavy atom. The highest BCUT2D eigenvalue weighted by atomic mass is 16.5. The number of hydrogen-bond acceptors (Lipinski definition) is 4. The fourth-order valence-corrected chi connectivity index (χ4v) is 2.23. The van der Waals surface area contributed by atoms with Crippen molar-refractivity contribution < 1.29 is 4.74 Å². The molecule has 0 fully saturated rings. The summed E-state index contributed by atoms with van der Waals surface area (Å²) in [5.41, 5.74) is 3.95. The molecule has 2 rings (SSSR count). The van der Waals surface area contributed by atoms with Crippen molar-refractivity contribution in [3.8, 4) is 0 Å². The van der Waals surface area contributed by atoms with Crippen molar-refractivity contribution in [1.29, 1.82) is 0 Å². The number of hydrogen-bond donors (Lipinski definition) is 1. The summed E-state index contributed by atoms with van der Waals surface area (Å²) in [5.74, 6) is 0. The number of aryl methyl sites for hydroxylation is 1. The maximum atomic E-state index is 5.25. The van der Waals surface area contributed by atoms with Crippen molar-refractivity contribution in [2.75, 3.05) is 20.3 Å². The highest BCUT2D eigenvalue weighted by Crippen LogP contribution is 2.13. The summed E-state index contributed by atoms with van der Waals surface area (Å²) in [5, 5.41) is 3.41. The van der Waals surface area contributed by atoms with E-state index in [0.29, 0.717) is 6.61 Å². The normalized spacial score (nSPS) is 12.8. The van der Waals surface area contributed by atoms with Crippen LogP contribution < -0.4 is 5.32 Å². The van der Waals surface area contributed by atoms with Crippen LogP contribution in [0.5, 0.6) is 0 Å². The third kappa shape index (κ3) is 3.49. The van der Waals surface area contributed by atoms with Gasteiger partial charge < -0.3 is 10.1 Å². The predicted octanol–water partition coefficient (Wildman–Crippen LogP) is 2.11. The number of nitrogens with one attached hydrogen (secondary N) is 1. The number of methoxy groups -OCH3 is 1. The molecular formula is C15H21N3O. The van der Waals surface area contributed by atoms with Crippen LogP contribution in [0.25, 0.3) is 11.0 Å². The molecule has 0 spiro atoms. The van der Waals surface area contributed by atoms with E-state index in [0.717, 1.165) is 35.4 Å². The average molecular weight is 259 g/mol. The number of fused-ring (bicyclic) bond motifs is 1. The molecule has 1 N–H and O–H groups in total. The summed E-state index contributed by atoms with van der Waals surface area (Å²) in [4.78, 5) is 9.34. The van der Waals surface area contributed by atoms with Gasteiger partial charge in [-0.05, 0) is 25.6 Å². The van der Waals surface area contributed by atoms with Crippen LogP contribution in [-0.2, 0) is 11.2 Å². The molecule has 0 amide bonds. The van der Waals surface area contributed by atoms with E-state index in [4.69, 9.17) is 9.72 Å². The summed E-state index contributed by atoms with van der Waals surface area (Å²) in [6.07, 6.45) is 0.839. The van der Waals surface area contributed by atoms with Crippen LogP contribution in [0.3, 0.4) is 0 Å². The molecule has 0 aliphatic heterocycles. The monoisotopic (exact) mass is 259 g/mol. The van der Waals surface area contributed by atoms with Crippen molar-refractivity contribution in [1.82, 2.24) is 15.3 Å². The van der Waals surface area contributed by atoms with E-state index in [2.05, 4.69) is 17.2 Å². The summed E-state index contributed by atoms with van der Waals surface area (Å²) in [7, 11) is 1.73. The average Bonchev–Trinajstić information content (AvgIpc) is 2.40. The van der Waals surface area contributed by atoms with Crippen molar-refractivity contribution in [3.63, 3.8) is 0 Å². The Morgan fingerprint density at radius 3 is 2.53 bits per heavy atom. The lowest BCUT2D eigenvalue weighted by atomic mass is 10.1. The first-order valence-corrected chi connectivity index (χ1v) is 6.69. The van der Waals surface area contributed by atoms with Gasteiger partial charge in [0.05, 0.1) is 29.0 Å². The molecule has 4 nitrogen and oxygen atoms in total. The molecule has 1 unspecified atom stereocenters. The van der Waals surface area contributed by atoms with E-state index < -0.39 is 0 Å². The number of rotatable bonds is 6. The third-order valence-corrected chi connectivity index (χ3v) is 3.14. The van der Waals surface area contributed by atoms with Gasteiger partial charge in [-0.3, -0.25) is 0 Å². The van der Waals surface area contributed by atoms with Gasteiger partial charge in [0.1, 0.15) is 0 Å². The summed E-state index contributed by atoms with van der Waals surface area (Å²) in [6.45, 7) is 5.72. The quantitative estimate of drug-likeness (QED) is 0.863. The maximum Gasteiger partial charge on any atom is 0.0890 e. The number of para-hydroxylation sites is 2. The van der Waals surface area contributed by atoms with Crippen LogP contribution in [0.1, 0.15) is 18.3 Å². The molecule has 1 aromatic heterocycles. The molecule has 4 heteroatoms. The van der Waals surface area contributed by atoms with Crippen molar-refractivity contribution in [2.24, 2.45) is 0 Å². The van der Waals surface area contributed by atoms with E-state index in [1.165, 1.54) is 0 Å². The van der Waals surface area contributed by atoms with Gasteiger partial charge in [0, 0.05) is 19.6 Å². The molecule has 2 aromatic rings. The van der Waals surface area contributed by atoms with Gasteiger partial charge in [-0.15, -0.1) is 0 Å². The Labute approximate surface area is 114 Å². The molecule has 0 saturated heterocycles. The van der Waals surface area contributed by atoms with Gasteiger partial charge in [0.15, 0.2) is 0 Å². The first-order chi connectivity index (χ1) is 9.24. The van der Waals surface area contributed by atoms with E-state index in [1.807, 2.05) is 31.2 Å². The van der Waals surface area contributed by atoms with Crippen LogP contribution in [-0.4, -0.2) is 36.3 Å². The van der Waals surface area contributed by atoms with Gasteiger partial charge in [-0.1, -0.05) is 19.1 Å². The zero-order valence-corrected chi connectivity index (χ0v) is 11.8. The second-order valence-electron chi connectivity index (χ2n) is 4.66. The fraction of sp³-hybridized carbons (Fsp3) is 0.467. The van der Waals surface area contributed by atoms with Crippen molar-refractivity contribution in [2.45, 2.75) is 26.3 Å². The zero-order chi connectivity index (χ0) is 13.7. The van der Waals surface area contributed by atoms with Crippen LogP contribution in [0.4, 0.5) is 0 Å². The second kappa shape index (κ2) is 6.59. The maximum absolute atomic E-state index is 5.25. The van der Waals surface area contributed by atoms with Gasteiger partial charge in [0.25, 0.3) is 0 Å². The van der Waals surface area contributed by atoms with Gasteiger partial charge in [-0.25, -0.2) is 9.97 Å². The van der Waals surface area contributed by atoms with Crippen LogP contribution in [0, 0.1) is 6.92 Å². The Bertz CT molecular complexity index is 536. The van der Waals surface area contributed by atoms with Crippen LogP contribution in [0.15, 0.2) is 24.3 Å². The molecule has 102 valence electrons. The van der Waals surface area contributed by atoms with Crippen molar-refractivity contribution >= 4 is 11.0 Å². The molecule has 0 aliphatic carbocycles. The minimum Gasteiger partial charge on any atom is -0.383 e. The lowest BCUT2D eigenvalue weighted by Gasteiger charge is -2.17. The van der Waals surface area contributed by atoms with E-state index >= 15 is 0 Å². The molecule has 0 radical (unpaired) electrons. The third-order valence-electron chi connectivity index (χ3n) is 3.14. The molecule has 0 saturated carbocycles. The molecular weight excluding hydrogens is 238 g/mol. The highest BCUT2D eigenvalue weighted by molar-refractivity contribution is 5.74. The predicted molar refractivity (Wildman–Crippen MR) is 77.3 cm³/mol. The molecule has 1 heterocycles. The molecule has 1 atom stereocenters. The van der Waals surface area contributed by atoms with E-state index in [-0.39, 0.29) is 6.04 Å². The summed E-state index contributed by atoms with van der Waals surface area (Å²) < 4.78 is 5.25. The number of nitrogens with zero attached hydrogens (tertiary/aromatic N) is 2. The molecule has 0 aliphatic rings. The largest absolute Gasteiger partial charge is 0.383 e. The van der Waals surface area contributed by atoms with Gasteiger partial charge in [-0.2, -0.15) is 0 Å². The standard InChI is InChI=1S/C15H21N3O/c1-4-16-12(10-19-3)9-15-11(2)17-13-7-5-6-8-14(13)18-15/h5-8,12,16H,4,9-10H2,1-3H3. The van der Waals surface area contributed by atoms with Crippen LogP contribution >= 0.6 is 0 Å². The smallest absolute Gasteiger partial charge is 0.0890 e. The lowest BCUT2D eigenvalue weighted by molar-refractivity contribution is 0.166. The minimum atomic E-state index is 0.282. The Hall–Kier alpha value is -1.52. The van der Waals surface area contributed by atoms with E-state index in [1.54, 1.807) is 7.11 Å². The highest BCUT2D eigenvalue weighted by Gasteiger charge is 2.12. The lowest BCUT2D eigenvalue weighted by Crippen LogP contribution is -2.35. The number of benzene rings is 1. The first kappa shape index (κ1) is 13.9. The molecule has 19 heavy (non-hydrogen) atoms. The Morgan fingerprint density at radius 1 is 1.21 bits per heavy atom.